The second-order valence-electron chi connectivity index (χ2n) is 20.7. The van der Waals surface area contributed by atoms with Crippen LogP contribution in [0, 0.1) is 11.3 Å². The Kier molecular flexibility index (Phi) is 12.2. The predicted molar refractivity (Wildman–Crippen MR) is 245 cm³/mol. The van der Waals surface area contributed by atoms with Crippen LogP contribution in [0.4, 0.5) is 5.69 Å². The molecule has 12 atom stereocenters. The minimum Gasteiger partial charge on any atom is -0.384 e. The predicted octanol–water partition coefficient (Wildman–Crippen LogP) is 5.81. The molecule has 350 valence electrons. The third-order valence-electron chi connectivity index (χ3n) is 16.1. The molecule has 6 aliphatic heterocycles. The SMILES string of the molecule is C=CC(C)(C)[C@@]12C[C@H]3C(=O)N[C@@H](Cc4ccccc4)C(=O)N3[C@@H]1N([C@H]1OC3(C[C@@H]1NC(=O)/C=C/C(C)CC(CCCCCCC)OC)[C@@H]1O[C@@H]1C(O)(CC(C)=O)[C@H]1O[C@H]13)c1ccccc12. The number of rotatable bonds is 19. The maximum absolute atomic E-state index is 15.2. The number of methoxy groups -OCH3 is 1. The van der Waals surface area contributed by atoms with Gasteiger partial charge >= 0.3 is 0 Å². The summed E-state index contributed by atoms with van der Waals surface area (Å²) in [6.07, 6.45) is 9.93. The van der Waals surface area contributed by atoms with Gasteiger partial charge in [-0.25, -0.2) is 0 Å². The van der Waals surface area contributed by atoms with Crippen LogP contribution in [0.1, 0.15) is 110 Å². The molecule has 3 amide bonds. The second-order valence-corrected chi connectivity index (χ2v) is 20.7. The van der Waals surface area contributed by atoms with Crippen LogP contribution in [0.3, 0.4) is 0 Å². The molecule has 2 aromatic carbocycles. The standard InChI is InChI=1S/C52H68N4O9/c1-8-10-11-12-16-21-34(62-7)26-31(3)24-25-40(58)53-37-29-52(43-41(63-43)51(61,28-32(4)57)42-44(52)64-42)65-47(37)56-38-23-18-17-22-35(38)50(49(5,6)9-2)30-39-45(59)54-36(46(60)55(39)48(50)56)27-33-19-14-13-15-20-33/h9,13-15,17-20,22-25,31,34,36-37,39,41-44,47-48,61H,2,8,10-12,16,21,26-30H2,1,3-7H3,(H,53,58)(H,54,59)/b25-24+/t31?,34?,36-,37-,39-,41-,42-,43+,44+,47-,48+,50+,51?,52?/m0/s1. The summed E-state index contributed by atoms with van der Waals surface area (Å²) in [5.74, 6) is -0.788. The number of allylic oxidation sites excluding steroid dienone is 2. The number of carbonyl (C=O) groups excluding carboxylic acids is 4. The highest BCUT2D eigenvalue weighted by Gasteiger charge is 2.84. The zero-order valence-electron chi connectivity index (χ0n) is 38.9. The maximum atomic E-state index is 15.2. The molecule has 3 N–H and O–H groups in total. The van der Waals surface area contributed by atoms with Crippen molar-refractivity contribution in [3.63, 3.8) is 0 Å². The van der Waals surface area contributed by atoms with Crippen LogP contribution in [0.5, 0.6) is 0 Å². The molecule has 65 heavy (non-hydrogen) atoms. The van der Waals surface area contributed by atoms with E-state index in [0.29, 0.717) is 12.8 Å². The first-order valence-electron chi connectivity index (χ1n) is 24.0. The minimum atomic E-state index is -1.50. The second kappa shape index (κ2) is 17.4. The summed E-state index contributed by atoms with van der Waals surface area (Å²) in [5.41, 5.74) is -1.34. The summed E-state index contributed by atoms with van der Waals surface area (Å²) in [5, 5.41) is 18.3. The number of anilines is 1. The van der Waals surface area contributed by atoms with E-state index in [1.165, 1.54) is 32.6 Å². The lowest BCUT2D eigenvalue weighted by Gasteiger charge is -2.48. The van der Waals surface area contributed by atoms with Gasteiger partial charge in [0.25, 0.3) is 0 Å². The van der Waals surface area contributed by atoms with Gasteiger partial charge in [0.05, 0.1) is 12.1 Å². The van der Waals surface area contributed by atoms with E-state index in [1.807, 2.05) is 60.7 Å². The maximum Gasteiger partial charge on any atom is 0.247 e. The van der Waals surface area contributed by atoms with E-state index >= 15 is 4.79 Å². The topological polar surface area (TPSA) is 163 Å². The van der Waals surface area contributed by atoms with E-state index < -0.39 is 77.0 Å². The van der Waals surface area contributed by atoms with Gasteiger partial charge in [0.2, 0.25) is 17.7 Å². The molecule has 0 radical (unpaired) electrons. The van der Waals surface area contributed by atoms with Gasteiger partial charge in [-0.1, -0.05) is 120 Å². The van der Waals surface area contributed by atoms with Gasteiger partial charge in [-0.15, -0.1) is 6.58 Å². The lowest BCUT2D eigenvalue weighted by molar-refractivity contribution is -0.150. The number of carbonyl (C=O) groups is 4. The number of epoxide rings is 2. The number of fused-ring (bicyclic) bond motifs is 9. The minimum absolute atomic E-state index is 0.0737. The van der Waals surface area contributed by atoms with E-state index in [9.17, 15) is 19.5 Å². The third kappa shape index (κ3) is 7.67. The first kappa shape index (κ1) is 45.7. The normalized spacial score (nSPS) is 36.1. The van der Waals surface area contributed by atoms with E-state index in [0.717, 1.165) is 36.1 Å². The highest BCUT2D eigenvalue weighted by atomic mass is 16.7. The van der Waals surface area contributed by atoms with Gasteiger partial charge in [0.1, 0.15) is 59.7 Å². The van der Waals surface area contributed by atoms with Crippen molar-refractivity contribution >= 4 is 29.2 Å². The number of benzene rings is 2. The third-order valence-corrected chi connectivity index (χ3v) is 16.1. The molecule has 0 bridgehead atoms. The molecule has 5 saturated heterocycles. The van der Waals surface area contributed by atoms with Gasteiger partial charge < -0.3 is 44.5 Å². The zero-order chi connectivity index (χ0) is 46.1. The lowest BCUT2D eigenvalue weighted by atomic mass is 9.60. The smallest absolute Gasteiger partial charge is 0.247 e. The Morgan fingerprint density at radius 3 is 2.37 bits per heavy atom. The number of aliphatic hydroxyl groups is 1. The summed E-state index contributed by atoms with van der Waals surface area (Å²) in [6.45, 7) is 14.3. The summed E-state index contributed by atoms with van der Waals surface area (Å²) in [7, 11) is 1.76. The van der Waals surface area contributed by atoms with Crippen LogP contribution in [0.25, 0.3) is 0 Å². The van der Waals surface area contributed by atoms with E-state index in [1.54, 1.807) is 18.1 Å². The molecule has 2 unspecified atom stereocenters. The van der Waals surface area contributed by atoms with E-state index in [2.05, 4.69) is 55.9 Å². The Bertz CT molecular complexity index is 2180. The first-order valence-corrected chi connectivity index (χ1v) is 24.0. The molecule has 0 aromatic heterocycles. The average Bonchev–Trinajstić information content (AvgIpc) is 4.19. The Labute approximate surface area is 383 Å². The van der Waals surface area contributed by atoms with E-state index in [4.69, 9.17) is 18.9 Å². The van der Waals surface area contributed by atoms with Crippen LogP contribution >= 0.6 is 0 Å². The van der Waals surface area contributed by atoms with Gasteiger partial charge in [0, 0.05) is 37.5 Å². The Balaban J connectivity index is 1.07. The van der Waals surface area contributed by atoms with Crippen LogP contribution in [0.15, 0.2) is 79.4 Å². The van der Waals surface area contributed by atoms with Crippen molar-refractivity contribution in [2.24, 2.45) is 11.3 Å². The van der Waals surface area contributed by atoms with Crippen molar-refractivity contribution in [1.82, 2.24) is 15.5 Å². The Morgan fingerprint density at radius 1 is 1.00 bits per heavy atom. The van der Waals surface area contributed by atoms with Crippen molar-refractivity contribution in [3.05, 3.63) is 90.5 Å². The number of ether oxygens (including phenoxy) is 4. The van der Waals surface area contributed by atoms with Crippen molar-refractivity contribution in [3.8, 4) is 0 Å². The fraction of sp³-hybridized carbons (Fsp3) is 0.615. The number of nitrogens with zero attached hydrogens (tertiary/aromatic N) is 2. The number of hydrogen-bond donors (Lipinski definition) is 3. The molecule has 2 aromatic rings. The molecule has 9 rings (SSSR count). The monoisotopic (exact) mass is 892 g/mol. The molecule has 6 heterocycles. The van der Waals surface area contributed by atoms with Crippen LogP contribution in [-0.2, 0) is 50.0 Å². The zero-order valence-corrected chi connectivity index (χ0v) is 38.9. The quantitative estimate of drug-likeness (QED) is 0.0680. The molecule has 13 nitrogen and oxygen atoms in total. The first-order chi connectivity index (χ1) is 31.1. The van der Waals surface area contributed by atoms with Gasteiger partial charge in [-0.3, -0.25) is 19.2 Å². The molecule has 1 saturated carbocycles. The number of ketones is 1. The number of Topliss-reactive ketones (excluding diaryl/α,β-unsaturated/α-hetero) is 1. The number of hydrogen-bond acceptors (Lipinski definition) is 10. The number of nitrogens with one attached hydrogen (secondary N) is 2. The van der Waals surface area contributed by atoms with Crippen molar-refractivity contribution in [2.45, 2.75) is 183 Å². The molecular weight excluding hydrogens is 825 g/mol. The number of amides is 3. The summed E-state index contributed by atoms with van der Waals surface area (Å²) in [4.78, 5) is 60.2. The van der Waals surface area contributed by atoms with Crippen LogP contribution < -0.4 is 15.5 Å². The molecular formula is C52H68N4O9. The fourth-order valence-corrected chi connectivity index (χ4v) is 12.6. The lowest BCUT2D eigenvalue weighted by Crippen LogP contribution is -2.68. The number of piperazine rings is 1. The van der Waals surface area contributed by atoms with Crippen molar-refractivity contribution in [2.75, 3.05) is 12.0 Å². The number of para-hydroxylation sites is 1. The Hall–Kier alpha value is -4.40. The fourth-order valence-electron chi connectivity index (χ4n) is 12.6. The van der Waals surface area contributed by atoms with Crippen LogP contribution in [-0.4, -0.2) is 113 Å². The van der Waals surface area contributed by atoms with Gasteiger partial charge in [-0.05, 0) is 60.8 Å². The number of unbranched alkanes of at least 4 members (excludes halogenated alkanes) is 4. The van der Waals surface area contributed by atoms with Crippen LogP contribution in [0.2, 0.25) is 0 Å². The molecule has 1 aliphatic carbocycles. The van der Waals surface area contributed by atoms with Crippen molar-refractivity contribution < 1.29 is 43.2 Å². The summed E-state index contributed by atoms with van der Waals surface area (Å²) >= 11 is 0. The summed E-state index contributed by atoms with van der Waals surface area (Å²) in [6, 6.07) is 15.5. The molecule has 6 fully saturated rings. The largest absolute Gasteiger partial charge is 0.384 e. The molecule has 1 spiro atoms. The summed E-state index contributed by atoms with van der Waals surface area (Å²) < 4.78 is 25.9. The molecule has 7 aliphatic rings. The van der Waals surface area contributed by atoms with Crippen molar-refractivity contribution in [1.29, 1.82) is 0 Å². The highest BCUT2D eigenvalue weighted by molar-refractivity contribution is 5.99. The molecule has 13 heteroatoms. The van der Waals surface area contributed by atoms with E-state index in [-0.39, 0.29) is 48.4 Å². The average molecular weight is 893 g/mol. The van der Waals surface area contributed by atoms with Gasteiger partial charge in [-0.2, -0.15) is 0 Å². The highest BCUT2D eigenvalue weighted by Crippen LogP contribution is 2.67. The van der Waals surface area contributed by atoms with Gasteiger partial charge in [0.15, 0.2) is 6.23 Å². The Morgan fingerprint density at radius 2 is 1.69 bits per heavy atom.